The number of nitrogens with zero attached hydrogens (tertiary/aromatic N) is 4. The molecule has 1 aromatic rings. The van der Waals surface area contributed by atoms with Crippen molar-refractivity contribution in [2.24, 2.45) is 15.8 Å². The molecule has 2 unspecified atom stereocenters. The topological polar surface area (TPSA) is 130 Å². The van der Waals surface area contributed by atoms with E-state index in [4.69, 9.17) is 4.98 Å². The van der Waals surface area contributed by atoms with Gasteiger partial charge in [0.05, 0.1) is 28.8 Å². The van der Waals surface area contributed by atoms with Gasteiger partial charge in [0.2, 0.25) is 11.8 Å². The fraction of sp³-hybridized carbons (Fsp3) is 0.667. The predicted molar refractivity (Wildman–Crippen MR) is 171 cm³/mol. The molecule has 0 spiro atoms. The van der Waals surface area contributed by atoms with E-state index in [0.717, 1.165) is 0 Å². The number of nitrogens with one attached hydrogen (secondary N) is 2. The van der Waals surface area contributed by atoms with Crippen LogP contribution >= 0.6 is 23.1 Å². The molecule has 0 bridgehead atoms. The van der Waals surface area contributed by atoms with Crippen LogP contribution in [0.3, 0.4) is 0 Å². The minimum atomic E-state index is -1.39. The van der Waals surface area contributed by atoms with Gasteiger partial charge in [-0.15, -0.1) is 0 Å². The molecule has 0 aromatic carbocycles. The lowest BCUT2D eigenvalue weighted by atomic mass is 9.74. The van der Waals surface area contributed by atoms with E-state index in [9.17, 15) is 19.5 Å². The third kappa shape index (κ3) is 6.50. The largest absolute Gasteiger partial charge is 0.848 e. The molecule has 3 rings (SSSR count). The summed E-state index contributed by atoms with van der Waals surface area (Å²) in [6, 6.07) is 0. The normalized spacial score (nSPS) is 20.8. The third-order valence-electron chi connectivity index (χ3n) is 8.45. The second-order valence-corrected chi connectivity index (χ2v) is 13.8. The Morgan fingerprint density at radius 1 is 0.952 bits per heavy atom. The van der Waals surface area contributed by atoms with Crippen LogP contribution < -0.4 is 20.6 Å². The summed E-state index contributed by atoms with van der Waals surface area (Å²) in [5.74, 6) is -1.22. The van der Waals surface area contributed by atoms with Crippen LogP contribution in [-0.2, 0) is 14.4 Å². The van der Waals surface area contributed by atoms with Gasteiger partial charge >= 0.3 is 5.17 Å². The second kappa shape index (κ2) is 13.4. The zero-order valence-corrected chi connectivity index (χ0v) is 28.3. The zero-order chi connectivity index (χ0) is 31.6. The molecular formula is C30H46N6O4S2. The number of thiazole rings is 1. The van der Waals surface area contributed by atoms with Gasteiger partial charge < -0.3 is 15.3 Å². The lowest BCUT2D eigenvalue weighted by Gasteiger charge is -2.43. The van der Waals surface area contributed by atoms with E-state index >= 15 is 0 Å². The summed E-state index contributed by atoms with van der Waals surface area (Å²) >= 11 is 2.54. The lowest BCUT2D eigenvalue weighted by molar-refractivity contribution is -0.518. The van der Waals surface area contributed by atoms with Crippen LogP contribution in [0.15, 0.2) is 15.5 Å². The number of Topliss-reactive ketones (excluding diaryl/α,β-unsaturated/α-hetero) is 1. The van der Waals surface area contributed by atoms with Gasteiger partial charge in [0.15, 0.2) is 10.9 Å². The van der Waals surface area contributed by atoms with Crippen molar-refractivity contribution in [2.45, 2.75) is 94.1 Å². The molecule has 2 heterocycles. The minimum absolute atomic E-state index is 0.115. The number of hydrogen-bond donors (Lipinski definition) is 2. The van der Waals surface area contributed by atoms with Crippen molar-refractivity contribution in [1.82, 2.24) is 10.3 Å². The summed E-state index contributed by atoms with van der Waals surface area (Å²) in [7, 11) is 0. The summed E-state index contributed by atoms with van der Waals surface area (Å²) in [5, 5.41) is 21.1. The number of aromatic nitrogens is 1. The Kier molecular flexibility index (Phi) is 10.8. The Hall–Kier alpha value is -2.57. The average Bonchev–Trinajstić information content (AvgIpc) is 3.54. The highest BCUT2D eigenvalue weighted by molar-refractivity contribution is 8.18. The van der Waals surface area contributed by atoms with Gasteiger partial charge in [-0.3, -0.25) is 24.3 Å². The fourth-order valence-electron chi connectivity index (χ4n) is 4.34. The van der Waals surface area contributed by atoms with Gasteiger partial charge in [0, 0.05) is 41.3 Å². The smallest absolute Gasteiger partial charge is 0.362 e. The Morgan fingerprint density at radius 3 is 1.98 bits per heavy atom. The maximum Gasteiger partial charge on any atom is 0.362 e. The number of amides is 2. The molecular weight excluding hydrogens is 573 g/mol. The van der Waals surface area contributed by atoms with E-state index in [1.807, 2.05) is 78.7 Å². The van der Waals surface area contributed by atoms with Gasteiger partial charge in [-0.25, -0.2) is 4.98 Å². The van der Waals surface area contributed by atoms with Crippen molar-refractivity contribution in [3.05, 3.63) is 15.4 Å². The second-order valence-electron chi connectivity index (χ2n) is 11.8. The summed E-state index contributed by atoms with van der Waals surface area (Å²) in [6.45, 7) is 22.1. The van der Waals surface area contributed by atoms with Crippen LogP contribution in [0, 0.1) is 10.8 Å². The molecule has 1 saturated carbocycles. The molecule has 10 nitrogen and oxygen atoms in total. The first-order chi connectivity index (χ1) is 19.7. The Bertz CT molecular complexity index is 1320. The average molecular weight is 619 g/mol. The van der Waals surface area contributed by atoms with Crippen LogP contribution in [0.2, 0.25) is 0 Å². The van der Waals surface area contributed by atoms with Gasteiger partial charge in [-0.05, 0) is 45.5 Å². The van der Waals surface area contributed by atoms with E-state index in [1.165, 1.54) is 23.1 Å². The SMILES string of the molecule is CCN(CC)c1nc(NC(=O)C(C)(C)CC)c(C2C(=O)/C(=C3\SC(=[N+](CC)CC)N=C3NC(=O)C(C)(C)CC)C2[O-])s1. The summed E-state index contributed by atoms with van der Waals surface area (Å²) in [4.78, 5) is 52.4. The van der Waals surface area contributed by atoms with E-state index in [1.54, 1.807) is 0 Å². The summed E-state index contributed by atoms with van der Waals surface area (Å²) < 4.78 is 2.03. The molecule has 42 heavy (non-hydrogen) atoms. The van der Waals surface area contributed by atoms with E-state index in [2.05, 4.69) is 15.6 Å². The zero-order valence-electron chi connectivity index (χ0n) is 26.6. The first-order valence-electron chi connectivity index (χ1n) is 14.9. The predicted octanol–water partition coefficient (Wildman–Crippen LogP) is 4.12. The van der Waals surface area contributed by atoms with Crippen LogP contribution in [0.1, 0.15) is 92.9 Å². The highest BCUT2D eigenvalue weighted by Crippen LogP contribution is 2.48. The molecule has 1 aliphatic heterocycles. The number of ketones is 1. The van der Waals surface area contributed by atoms with Crippen molar-refractivity contribution in [3.8, 4) is 0 Å². The first kappa shape index (κ1) is 33.9. The number of carbonyl (C=O) groups excluding carboxylic acids is 3. The van der Waals surface area contributed by atoms with Crippen LogP contribution in [0.4, 0.5) is 10.9 Å². The molecule has 2 atom stereocenters. The third-order valence-corrected chi connectivity index (χ3v) is 10.8. The number of anilines is 2. The number of rotatable bonds is 11. The van der Waals surface area contributed by atoms with Crippen molar-refractivity contribution >= 4 is 62.6 Å². The number of thioether (sulfide) groups is 1. The molecule has 2 amide bonds. The van der Waals surface area contributed by atoms with Gasteiger partial charge in [0.25, 0.3) is 5.84 Å². The van der Waals surface area contributed by atoms with Crippen molar-refractivity contribution in [1.29, 1.82) is 0 Å². The molecule has 0 saturated heterocycles. The Labute approximate surface area is 258 Å². The number of hydrogen-bond acceptors (Lipinski definition) is 8. The molecule has 12 heteroatoms. The highest BCUT2D eigenvalue weighted by Gasteiger charge is 2.48. The van der Waals surface area contributed by atoms with E-state index < -0.39 is 22.9 Å². The molecule has 2 N–H and O–H groups in total. The van der Waals surface area contributed by atoms with Crippen molar-refractivity contribution in [2.75, 3.05) is 36.4 Å². The van der Waals surface area contributed by atoms with Crippen LogP contribution in [0.25, 0.3) is 0 Å². The highest BCUT2D eigenvalue weighted by atomic mass is 32.2. The molecule has 2 aliphatic rings. The maximum absolute atomic E-state index is 13.9. The monoisotopic (exact) mass is 618 g/mol. The number of amidine groups is 2. The first-order valence-corrected chi connectivity index (χ1v) is 16.6. The lowest BCUT2D eigenvalue weighted by Crippen LogP contribution is -2.53. The Balaban J connectivity index is 2.07. The Morgan fingerprint density at radius 2 is 1.50 bits per heavy atom. The van der Waals surface area contributed by atoms with Gasteiger partial charge in [-0.2, -0.15) is 0 Å². The van der Waals surface area contributed by atoms with Crippen molar-refractivity contribution in [3.63, 3.8) is 0 Å². The standard InChI is InChI=1S/C30H45N6O4S2/c1-11-29(7,8)25(39)31-23-21(41-27(33-23)35(13-3)14-4)17-19(37)18(20(17)38)22-24(32-26(40)30(9,10)12-2)34-28(42-22)36(15-5)16-6/h17,19H,11-16H2,1-10H3,(H,31,39)/q-1/p+1/b22-18-. The summed E-state index contributed by atoms with van der Waals surface area (Å²) in [5.41, 5.74) is -1.17. The number of aliphatic imine (C=N–C) groups is 1. The van der Waals surface area contributed by atoms with E-state index in [0.29, 0.717) is 59.1 Å². The molecule has 1 fully saturated rings. The molecule has 0 radical (unpaired) electrons. The van der Waals surface area contributed by atoms with E-state index in [-0.39, 0.29) is 34.8 Å². The fourth-order valence-corrected chi connectivity index (χ4v) is 6.84. The quantitative estimate of drug-likeness (QED) is 0.282. The van der Waals surface area contributed by atoms with Crippen LogP contribution in [0.5, 0.6) is 0 Å². The summed E-state index contributed by atoms with van der Waals surface area (Å²) in [6.07, 6.45) is -0.154. The minimum Gasteiger partial charge on any atom is -0.848 e. The molecule has 1 aromatic heterocycles. The van der Waals surface area contributed by atoms with Crippen LogP contribution in [-0.4, -0.2) is 70.4 Å². The van der Waals surface area contributed by atoms with Gasteiger partial charge in [0.1, 0.15) is 5.82 Å². The van der Waals surface area contributed by atoms with Crippen molar-refractivity contribution < 1.29 is 24.1 Å². The maximum atomic E-state index is 13.9. The van der Waals surface area contributed by atoms with Gasteiger partial charge in [-0.1, -0.05) is 59.0 Å². The molecule has 1 aliphatic carbocycles. The number of carbonyl (C=O) groups is 3. The molecule has 232 valence electrons.